The highest BCUT2D eigenvalue weighted by atomic mass is 14.7. The molecule has 3 aromatic heterocycles. The van der Waals surface area contributed by atoms with Crippen LogP contribution >= 0.6 is 0 Å². The van der Waals surface area contributed by atoms with E-state index in [9.17, 15) is 0 Å². The highest BCUT2D eigenvalue weighted by Gasteiger charge is 2.52. The van der Waals surface area contributed by atoms with Crippen LogP contribution in [-0.4, -0.2) is 15.0 Å². The lowest BCUT2D eigenvalue weighted by molar-refractivity contribution is 0.164. The van der Waals surface area contributed by atoms with Crippen LogP contribution in [0.25, 0.3) is 78.3 Å². The fraction of sp³-hybridized carbons (Fsp3) is 0.219. The first kappa shape index (κ1) is 48.9. The number of hydrogen-bond donors (Lipinski definition) is 0. The summed E-state index contributed by atoms with van der Waals surface area (Å²) in [7, 11) is 0. The summed E-state index contributed by atoms with van der Waals surface area (Å²) in [6, 6.07) is 80.0. The third kappa shape index (κ3) is 8.80. The molecule has 2 saturated carbocycles. The van der Waals surface area contributed by atoms with Crippen molar-refractivity contribution in [2.75, 3.05) is 0 Å². The molecule has 76 heavy (non-hydrogen) atoms. The first-order chi connectivity index (χ1) is 37.1. The molecule has 3 heterocycles. The lowest BCUT2D eigenvalue weighted by atomic mass is 9.50. The van der Waals surface area contributed by atoms with E-state index >= 15 is 0 Å². The summed E-state index contributed by atoms with van der Waals surface area (Å²) in [5.41, 5.74) is 20.6. The first-order valence-corrected chi connectivity index (χ1v) is 27.6. The van der Waals surface area contributed by atoms with Gasteiger partial charge in [0.1, 0.15) is 0 Å². The highest BCUT2D eigenvalue weighted by Crippen LogP contribution is 2.58. The number of nitrogens with zero attached hydrogens (tertiary/aromatic N) is 3. The van der Waals surface area contributed by atoms with Crippen molar-refractivity contribution in [1.29, 1.82) is 0 Å². The Labute approximate surface area is 450 Å². The molecule has 12 rings (SSSR count). The second kappa shape index (κ2) is 20.3. The van der Waals surface area contributed by atoms with Crippen LogP contribution in [-0.2, 0) is 21.7 Å². The molecule has 3 heteroatoms. The second-order valence-electron chi connectivity index (χ2n) is 22.6. The number of aromatic nitrogens is 3. The van der Waals surface area contributed by atoms with Crippen LogP contribution in [0.1, 0.15) is 101 Å². The molecule has 0 radical (unpaired) electrons. The molecular weight excluding hydrogens is 919 g/mol. The fourth-order valence-corrected chi connectivity index (χ4v) is 13.4. The molecule has 2 fully saturated rings. The topological polar surface area (TPSA) is 38.7 Å². The van der Waals surface area contributed by atoms with Crippen molar-refractivity contribution >= 4 is 0 Å². The molecule has 0 N–H and O–H groups in total. The van der Waals surface area contributed by atoms with E-state index < -0.39 is 0 Å². The van der Waals surface area contributed by atoms with Gasteiger partial charge in [0.2, 0.25) is 0 Å². The van der Waals surface area contributed by atoms with Crippen molar-refractivity contribution in [3.05, 3.63) is 259 Å². The van der Waals surface area contributed by atoms with Crippen LogP contribution in [0.3, 0.4) is 0 Å². The van der Waals surface area contributed by atoms with Crippen molar-refractivity contribution in [3.8, 4) is 78.3 Å². The Morgan fingerprint density at radius 3 is 1.07 bits per heavy atom. The van der Waals surface area contributed by atoms with Crippen molar-refractivity contribution in [2.24, 2.45) is 0 Å². The molecule has 0 saturated heterocycles. The SMILES string of the molecule is C[C@]1(c2ccc(-c3ccccc3)nc2)CCCC[C@]1(C)c1cc(-c2ccccc2-c2cnc(-c3ccccc3)cc2-c2ccc(-c3ccccc3)cc2)cc([C@@]2(C)CCCC[C@]2(C)c2ccc(-c3ccccc3)nc2)c1. The molecule has 3 nitrogen and oxygen atoms in total. The van der Waals surface area contributed by atoms with Gasteiger partial charge in [-0.1, -0.05) is 254 Å². The van der Waals surface area contributed by atoms with Crippen molar-refractivity contribution in [1.82, 2.24) is 15.0 Å². The second-order valence-corrected chi connectivity index (χ2v) is 22.6. The van der Waals surface area contributed by atoms with E-state index in [2.05, 4.69) is 265 Å². The number of benzene rings is 7. The molecule has 374 valence electrons. The van der Waals surface area contributed by atoms with Crippen molar-refractivity contribution in [2.45, 2.75) is 101 Å². The molecule has 0 aliphatic heterocycles. The van der Waals surface area contributed by atoms with Crippen LogP contribution in [0.5, 0.6) is 0 Å². The molecule has 2 aliphatic carbocycles. The minimum absolute atomic E-state index is 0.173. The van der Waals surface area contributed by atoms with Gasteiger partial charge < -0.3 is 0 Å². The third-order valence-electron chi connectivity index (χ3n) is 18.6. The van der Waals surface area contributed by atoms with Gasteiger partial charge in [0.25, 0.3) is 0 Å². The van der Waals surface area contributed by atoms with E-state index in [1.54, 1.807) is 0 Å². The quantitative estimate of drug-likeness (QED) is 0.130. The Morgan fingerprint density at radius 1 is 0.250 bits per heavy atom. The van der Waals surface area contributed by atoms with Crippen LogP contribution in [0, 0.1) is 0 Å². The Morgan fingerprint density at radius 2 is 0.618 bits per heavy atom. The first-order valence-electron chi connectivity index (χ1n) is 27.6. The van der Waals surface area contributed by atoms with E-state index in [4.69, 9.17) is 15.0 Å². The summed E-state index contributed by atoms with van der Waals surface area (Å²) in [5.74, 6) is 0. The maximum atomic E-state index is 5.26. The predicted octanol–water partition coefficient (Wildman–Crippen LogP) is 19.1. The van der Waals surface area contributed by atoms with E-state index in [1.165, 1.54) is 75.8 Å². The zero-order valence-electron chi connectivity index (χ0n) is 44.5. The lowest BCUT2D eigenvalue weighted by Crippen LogP contribution is -2.49. The van der Waals surface area contributed by atoms with Crippen LogP contribution in [0.2, 0.25) is 0 Å². The number of hydrogen-bond acceptors (Lipinski definition) is 3. The number of rotatable bonds is 11. The summed E-state index contributed by atoms with van der Waals surface area (Å²) in [6.07, 6.45) is 15.6. The largest absolute Gasteiger partial charge is 0.256 e. The normalized spacial score (nSPS) is 21.5. The lowest BCUT2D eigenvalue weighted by Gasteiger charge is -2.53. The van der Waals surface area contributed by atoms with Gasteiger partial charge in [-0.3, -0.25) is 15.0 Å². The van der Waals surface area contributed by atoms with Gasteiger partial charge in [-0.15, -0.1) is 0 Å². The van der Waals surface area contributed by atoms with Gasteiger partial charge >= 0.3 is 0 Å². The Bertz CT molecular complexity index is 3480. The maximum absolute atomic E-state index is 5.26. The van der Waals surface area contributed by atoms with Gasteiger partial charge in [0.05, 0.1) is 17.1 Å². The molecule has 10 aromatic rings. The summed E-state index contributed by atoms with van der Waals surface area (Å²) in [6.45, 7) is 10.2. The van der Waals surface area contributed by atoms with E-state index in [0.29, 0.717) is 0 Å². The van der Waals surface area contributed by atoms with E-state index in [1.807, 2.05) is 0 Å². The van der Waals surface area contributed by atoms with Crippen LogP contribution in [0.15, 0.2) is 237 Å². The summed E-state index contributed by atoms with van der Waals surface area (Å²) in [5, 5.41) is 0. The summed E-state index contributed by atoms with van der Waals surface area (Å²) in [4.78, 5) is 15.6. The zero-order chi connectivity index (χ0) is 51.7. The maximum Gasteiger partial charge on any atom is 0.0708 e. The van der Waals surface area contributed by atoms with Crippen LogP contribution in [0.4, 0.5) is 0 Å². The molecule has 0 unspecified atom stereocenters. The van der Waals surface area contributed by atoms with Gasteiger partial charge in [-0.05, 0) is 105 Å². The average molecular weight is 986 g/mol. The third-order valence-corrected chi connectivity index (χ3v) is 18.6. The standard InChI is InChI=1S/C73H67N3/c1-70(59-37-39-67(74-49-59)55-25-11-6-12-26-55)41-19-21-43-72(70,3)61-45-58(46-62(47-61)73(4)44-22-20-42-71(73,2)60-38-40-68(75-50-60)56-27-13-7-14-28-56)63-31-17-18-32-64(63)66-51-76-69(57-29-15-8-16-30-57)48-65(66)54-35-33-53(34-36-54)52-23-9-5-10-24-52/h5-18,23-40,45-51H,19-22,41-44H2,1-4H3/t70-,71-,72-,73-/m1/s1. The van der Waals surface area contributed by atoms with E-state index in [0.717, 1.165) is 76.1 Å². The van der Waals surface area contributed by atoms with Gasteiger partial charge in [-0.25, -0.2) is 0 Å². The smallest absolute Gasteiger partial charge is 0.0708 e. The molecule has 2 aliphatic rings. The molecule has 7 aromatic carbocycles. The highest BCUT2D eigenvalue weighted by molar-refractivity contribution is 5.93. The predicted molar refractivity (Wildman–Crippen MR) is 317 cm³/mol. The Hall–Kier alpha value is -8.01. The molecule has 0 amide bonds. The molecular formula is C73H67N3. The zero-order valence-corrected chi connectivity index (χ0v) is 44.5. The molecule has 4 atom stereocenters. The monoisotopic (exact) mass is 986 g/mol. The van der Waals surface area contributed by atoms with E-state index in [-0.39, 0.29) is 21.7 Å². The number of pyridine rings is 3. The Balaban J connectivity index is 1.04. The van der Waals surface area contributed by atoms with Gasteiger partial charge in [-0.2, -0.15) is 0 Å². The molecule has 0 spiro atoms. The van der Waals surface area contributed by atoms with Gasteiger partial charge in [0.15, 0.2) is 0 Å². The Kier molecular flexibility index (Phi) is 13.0. The molecule has 0 bridgehead atoms. The van der Waals surface area contributed by atoms with Crippen LogP contribution < -0.4 is 0 Å². The minimum Gasteiger partial charge on any atom is -0.256 e. The van der Waals surface area contributed by atoms with Gasteiger partial charge in [0, 0.05) is 62.5 Å². The fourth-order valence-electron chi connectivity index (χ4n) is 13.4. The summed E-state index contributed by atoms with van der Waals surface area (Å²) >= 11 is 0. The minimum atomic E-state index is -0.203. The van der Waals surface area contributed by atoms with Crippen molar-refractivity contribution < 1.29 is 0 Å². The van der Waals surface area contributed by atoms with Crippen molar-refractivity contribution in [3.63, 3.8) is 0 Å². The average Bonchev–Trinajstić information content (AvgIpc) is 3.59. The summed E-state index contributed by atoms with van der Waals surface area (Å²) < 4.78 is 0.